The molecular weight excluding hydrogens is 330 g/mol. The van der Waals surface area contributed by atoms with Crippen molar-refractivity contribution in [1.82, 2.24) is 0 Å². The number of quaternary nitrogens is 1. The van der Waals surface area contributed by atoms with Crippen molar-refractivity contribution in [3.8, 4) is 0 Å². The van der Waals surface area contributed by atoms with E-state index in [0.717, 1.165) is 40.2 Å². The van der Waals surface area contributed by atoms with Gasteiger partial charge in [0.15, 0.2) is 0 Å². The molecule has 4 heterocycles. The van der Waals surface area contributed by atoms with E-state index in [9.17, 15) is 4.79 Å². The molecule has 6 heteroatoms. The van der Waals surface area contributed by atoms with Gasteiger partial charge in [0.05, 0.1) is 49.8 Å². The molecule has 0 saturated carbocycles. The number of hydrogen-bond donors (Lipinski definition) is 0. The Hall–Kier alpha value is -1.21. The van der Waals surface area contributed by atoms with Crippen molar-refractivity contribution in [3.63, 3.8) is 0 Å². The molecule has 2 aromatic heterocycles. The summed E-state index contributed by atoms with van der Waals surface area (Å²) in [4.78, 5) is 14.8. The fourth-order valence-electron chi connectivity index (χ4n) is 3.35. The first-order valence-electron chi connectivity index (χ1n) is 7.79. The summed E-state index contributed by atoms with van der Waals surface area (Å²) in [5.41, 5.74) is -1.09. The second-order valence-corrected chi connectivity index (χ2v) is 8.82. The molecule has 4 rings (SSSR count). The van der Waals surface area contributed by atoms with Gasteiger partial charge >= 0.3 is 5.97 Å². The maximum absolute atomic E-state index is 13.0. The van der Waals surface area contributed by atoms with Crippen molar-refractivity contribution in [1.29, 1.82) is 0 Å². The summed E-state index contributed by atoms with van der Waals surface area (Å²) in [6.45, 7) is 1.89. The van der Waals surface area contributed by atoms with Crippen LogP contribution in [0.2, 0.25) is 0 Å². The molecule has 2 fully saturated rings. The third kappa shape index (κ3) is 2.36. The Morgan fingerprint density at radius 3 is 2.09 bits per heavy atom. The third-order valence-corrected chi connectivity index (χ3v) is 6.78. The minimum absolute atomic E-state index is 0.269. The zero-order valence-corrected chi connectivity index (χ0v) is 14.9. The van der Waals surface area contributed by atoms with Gasteiger partial charge in [0.2, 0.25) is 11.4 Å². The lowest BCUT2D eigenvalue weighted by Gasteiger charge is -2.41. The second kappa shape index (κ2) is 5.14. The van der Waals surface area contributed by atoms with Crippen LogP contribution in [0.1, 0.15) is 22.6 Å². The summed E-state index contributed by atoms with van der Waals surface area (Å²) in [6.07, 6.45) is 1.48. The van der Waals surface area contributed by atoms with Crippen molar-refractivity contribution in [2.24, 2.45) is 0 Å². The number of carbonyl (C=O) groups excluding carboxylic acids is 1. The average Bonchev–Trinajstić information content (AvgIpc) is 3.24. The molecule has 122 valence electrons. The van der Waals surface area contributed by atoms with E-state index in [0.29, 0.717) is 0 Å². The number of esters is 1. The minimum atomic E-state index is -1.09. The highest BCUT2D eigenvalue weighted by Crippen LogP contribution is 2.51. The van der Waals surface area contributed by atoms with Gasteiger partial charge in [0, 0.05) is 0 Å². The average molecular weight is 350 g/mol. The normalized spacial score (nSPS) is 24.7. The molecular formula is C17H20NO3S2+. The van der Waals surface area contributed by atoms with Gasteiger partial charge in [-0.3, -0.25) is 0 Å². The van der Waals surface area contributed by atoms with Crippen LogP contribution in [0.4, 0.5) is 0 Å². The number of rotatable bonds is 2. The quantitative estimate of drug-likeness (QED) is 0.616. The molecule has 23 heavy (non-hydrogen) atoms. The number of thiophene rings is 2. The molecule has 1 spiro atoms. The Morgan fingerprint density at radius 2 is 1.61 bits per heavy atom. The predicted octanol–water partition coefficient (Wildman–Crippen LogP) is 3.19. The fourth-order valence-corrected chi connectivity index (χ4v) is 5.14. The van der Waals surface area contributed by atoms with Gasteiger partial charge in [-0.15, -0.1) is 22.7 Å². The summed E-state index contributed by atoms with van der Waals surface area (Å²) < 4.78 is 13.3. The van der Waals surface area contributed by atoms with Gasteiger partial charge in [-0.2, -0.15) is 0 Å². The smallest absolute Gasteiger partial charge is 0.352 e. The summed E-state index contributed by atoms with van der Waals surface area (Å²) in [7, 11) is 4.41. The van der Waals surface area contributed by atoms with E-state index in [-0.39, 0.29) is 5.97 Å². The summed E-state index contributed by atoms with van der Waals surface area (Å²) >= 11 is 3.09. The van der Waals surface area contributed by atoms with Crippen LogP contribution in [0.15, 0.2) is 35.0 Å². The van der Waals surface area contributed by atoms with Crippen LogP contribution in [0.5, 0.6) is 0 Å². The Kier molecular flexibility index (Phi) is 3.43. The molecule has 2 aromatic rings. The van der Waals surface area contributed by atoms with Crippen LogP contribution in [0, 0.1) is 0 Å². The molecule has 0 aromatic carbocycles. The van der Waals surface area contributed by atoms with Gasteiger partial charge in [-0.25, -0.2) is 4.79 Å². The number of piperidine rings is 1. The van der Waals surface area contributed by atoms with E-state index >= 15 is 0 Å². The highest BCUT2D eigenvalue weighted by Gasteiger charge is 2.62. The van der Waals surface area contributed by atoms with E-state index in [4.69, 9.17) is 9.47 Å². The van der Waals surface area contributed by atoms with Crippen molar-refractivity contribution < 1.29 is 18.8 Å². The van der Waals surface area contributed by atoms with E-state index in [1.54, 1.807) is 22.7 Å². The van der Waals surface area contributed by atoms with E-state index in [1.807, 2.05) is 35.0 Å². The Bertz CT molecular complexity index is 662. The number of nitrogens with zero attached hydrogens (tertiary/aromatic N) is 1. The van der Waals surface area contributed by atoms with E-state index < -0.39 is 11.4 Å². The molecule has 0 bridgehead atoms. The molecule has 0 unspecified atom stereocenters. The largest absolute Gasteiger partial charge is 0.430 e. The summed E-state index contributed by atoms with van der Waals surface area (Å²) in [5.74, 6) is -1.05. The number of carbonyl (C=O) groups is 1. The highest BCUT2D eigenvalue weighted by atomic mass is 32.1. The van der Waals surface area contributed by atoms with Gasteiger partial charge in [-0.05, 0) is 22.9 Å². The zero-order valence-electron chi connectivity index (χ0n) is 13.3. The fraction of sp³-hybridized carbons (Fsp3) is 0.471. The maximum atomic E-state index is 13.0. The van der Waals surface area contributed by atoms with Crippen LogP contribution in [0.25, 0.3) is 0 Å². The topological polar surface area (TPSA) is 35.5 Å². The predicted molar refractivity (Wildman–Crippen MR) is 90.4 cm³/mol. The lowest BCUT2D eigenvalue weighted by Crippen LogP contribution is -2.53. The van der Waals surface area contributed by atoms with Crippen molar-refractivity contribution in [2.75, 3.05) is 27.2 Å². The molecule has 0 atom stereocenters. The third-order valence-electron chi connectivity index (χ3n) is 4.84. The van der Waals surface area contributed by atoms with Crippen molar-refractivity contribution in [2.45, 2.75) is 24.2 Å². The van der Waals surface area contributed by atoms with Gasteiger partial charge in [-0.1, -0.05) is 12.1 Å². The van der Waals surface area contributed by atoms with Crippen molar-refractivity contribution in [3.05, 3.63) is 44.8 Å². The molecule has 4 nitrogen and oxygen atoms in total. The molecule has 0 aliphatic carbocycles. The zero-order chi connectivity index (χ0) is 16.1. The van der Waals surface area contributed by atoms with Crippen LogP contribution < -0.4 is 0 Å². The van der Waals surface area contributed by atoms with Crippen LogP contribution in [0.3, 0.4) is 0 Å². The highest BCUT2D eigenvalue weighted by molar-refractivity contribution is 7.12. The monoisotopic (exact) mass is 350 g/mol. The Labute approximate surface area is 143 Å². The standard InChI is InChI=1S/C17H20NO3S2/c1-18(2)9-7-16(8-10-18)20-15(19)17(21-16,13-5-3-11-22-13)14-6-4-12-23-14/h3-6,11-12H,7-10H2,1-2H3/q+1. The molecule has 2 aliphatic rings. The molecule has 0 radical (unpaired) electrons. The Morgan fingerprint density at radius 1 is 1.04 bits per heavy atom. The lowest BCUT2D eigenvalue weighted by atomic mass is 9.99. The summed E-state index contributed by atoms with van der Waals surface area (Å²) in [6, 6.07) is 7.84. The first kappa shape index (κ1) is 15.3. The lowest BCUT2D eigenvalue weighted by molar-refractivity contribution is -0.898. The first-order chi connectivity index (χ1) is 11.0. The van der Waals surface area contributed by atoms with Crippen molar-refractivity contribution >= 4 is 28.6 Å². The van der Waals surface area contributed by atoms with Gasteiger partial charge < -0.3 is 14.0 Å². The first-order valence-corrected chi connectivity index (χ1v) is 9.55. The second-order valence-electron chi connectivity index (χ2n) is 6.92. The molecule has 0 amide bonds. The number of likely N-dealkylation sites (tertiary alicyclic amines) is 1. The molecule has 0 N–H and O–H groups in total. The minimum Gasteiger partial charge on any atom is -0.430 e. The van der Waals surface area contributed by atoms with E-state index in [1.165, 1.54) is 0 Å². The molecule has 2 saturated heterocycles. The van der Waals surface area contributed by atoms with Gasteiger partial charge in [0.1, 0.15) is 0 Å². The number of hydrogen-bond acceptors (Lipinski definition) is 5. The van der Waals surface area contributed by atoms with E-state index in [2.05, 4.69) is 14.1 Å². The van der Waals surface area contributed by atoms with Gasteiger partial charge in [0.25, 0.3) is 0 Å². The molecule has 2 aliphatic heterocycles. The number of ether oxygens (including phenoxy) is 2. The van der Waals surface area contributed by atoms with Crippen LogP contribution >= 0.6 is 22.7 Å². The summed E-state index contributed by atoms with van der Waals surface area (Å²) in [5, 5.41) is 3.96. The SMILES string of the molecule is C[N+]1(C)CCC2(CC1)OC(=O)C(c1cccs1)(c1cccs1)O2. The van der Waals surface area contributed by atoms with Crippen LogP contribution in [-0.2, 0) is 19.9 Å². The maximum Gasteiger partial charge on any atom is 0.352 e. The van der Waals surface area contributed by atoms with Crippen LogP contribution in [-0.4, -0.2) is 43.4 Å². The Balaban J connectivity index is 1.76.